The molecular weight excluding hydrogens is 136 g/mol. The van der Waals surface area contributed by atoms with Gasteiger partial charge in [0, 0.05) is 12.1 Å². The molecule has 0 spiro atoms. The van der Waals surface area contributed by atoms with Gasteiger partial charge in [0.05, 0.1) is 0 Å². The van der Waals surface area contributed by atoms with Crippen LogP contribution in [0.2, 0.25) is 0 Å². The van der Waals surface area contributed by atoms with Gasteiger partial charge in [0.2, 0.25) is 0 Å². The lowest BCUT2D eigenvalue weighted by Gasteiger charge is -2.32. The van der Waals surface area contributed by atoms with Crippen LogP contribution in [-0.2, 0) is 0 Å². The Bertz CT molecular complexity index is 97.7. The standard InChI is InChI=1S/C9H22N2/c1-6-7-10-8-9(2,3)11(4)5/h10H,6-8H2,1-5H3. The van der Waals surface area contributed by atoms with Crippen LogP contribution >= 0.6 is 0 Å². The predicted octanol–water partition coefficient (Wildman–Crippen LogP) is 1.33. The summed E-state index contributed by atoms with van der Waals surface area (Å²) in [6.45, 7) is 8.87. The van der Waals surface area contributed by atoms with Crippen molar-refractivity contribution in [1.29, 1.82) is 0 Å². The summed E-state index contributed by atoms with van der Waals surface area (Å²) in [4.78, 5) is 2.25. The second-order valence-electron chi connectivity index (χ2n) is 3.88. The van der Waals surface area contributed by atoms with E-state index in [1.54, 1.807) is 0 Å². The molecule has 0 saturated heterocycles. The second-order valence-corrected chi connectivity index (χ2v) is 3.88. The first-order valence-electron chi connectivity index (χ1n) is 4.39. The van der Waals surface area contributed by atoms with Crippen molar-refractivity contribution < 1.29 is 0 Å². The average Bonchev–Trinajstić information content (AvgIpc) is 1.88. The number of hydrogen-bond acceptors (Lipinski definition) is 2. The molecule has 0 radical (unpaired) electrons. The van der Waals surface area contributed by atoms with Crippen LogP contribution in [0.1, 0.15) is 27.2 Å². The third-order valence-corrected chi connectivity index (χ3v) is 2.20. The molecular formula is C9H22N2. The number of rotatable bonds is 5. The Kier molecular flexibility index (Phi) is 4.69. The molecule has 0 aromatic rings. The fourth-order valence-electron chi connectivity index (χ4n) is 0.729. The van der Waals surface area contributed by atoms with E-state index >= 15 is 0 Å². The van der Waals surface area contributed by atoms with E-state index in [0.29, 0.717) is 0 Å². The quantitative estimate of drug-likeness (QED) is 0.607. The molecule has 68 valence electrons. The molecule has 0 unspecified atom stereocenters. The topological polar surface area (TPSA) is 15.3 Å². The van der Waals surface area contributed by atoms with Crippen molar-refractivity contribution in [3.8, 4) is 0 Å². The van der Waals surface area contributed by atoms with E-state index < -0.39 is 0 Å². The Balaban J connectivity index is 3.55. The molecule has 0 aliphatic heterocycles. The third kappa shape index (κ3) is 4.38. The second kappa shape index (κ2) is 4.73. The summed E-state index contributed by atoms with van der Waals surface area (Å²) in [5, 5.41) is 3.42. The number of nitrogens with one attached hydrogen (secondary N) is 1. The maximum absolute atomic E-state index is 3.42. The van der Waals surface area contributed by atoms with E-state index in [2.05, 4.69) is 45.1 Å². The molecule has 0 aromatic carbocycles. The van der Waals surface area contributed by atoms with Crippen LogP contribution in [0.5, 0.6) is 0 Å². The van der Waals surface area contributed by atoms with E-state index in [9.17, 15) is 0 Å². The van der Waals surface area contributed by atoms with E-state index in [4.69, 9.17) is 0 Å². The number of hydrogen-bond donors (Lipinski definition) is 1. The van der Waals surface area contributed by atoms with Crippen molar-refractivity contribution in [1.82, 2.24) is 10.2 Å². The fraction of sp³-hybridized carbons (Fsp3) is 1.00. The Morgan fingerprint density at radius 3 is 2.18 bits per heavy atom. The van der Waals surface area contributed by atoms with Crippen molar-refractivity contribution >= 4 is 0 Å². The Morgan fingerprint density at radius 1 is 1.27 bits per heavy atom. The zero-order valence-electron chi connectivity index (χ0n) is 8.57. The lowest BCUT2D eigenvalue weighted by Crippen LogP contribution is -2.46. The van der Waals surface area contributed by atoms with Crippen LogP contribution in [0.25, 0.3) is 0 Å². The molecule has 0 aromatic heterocycles. The molecule has 11 heavy (non-hydrogen) atoms. The molecule has 0 bridgehead atoms. The summed E-state index contributed by atoms with van der Waals surface area (Å²) in [5.41, 5.74) is 0.273. The van der Waals surface area contributed by atoms with Gasteiger partial charge in [-0.15, -0.1) is 0 Å². The lowest BCUT2D eigenvalue weighted by atomic mass is 10.0. The molecule has 0 saturated carbocycles. The third-order valence-electron chi connectivity index (χ3n) is 2.20. The van der Waals surface area contributed by atoms with Gasteiger partial charge in [-0.1, -0.05) is 6.92 Å². The largest absolute Gasteiger partial charge is 0.315 e. The molecule has 0 amide bonds. The highest BCUT2D eigenvalue weighted by Crippen LogP contribution is 2.07. The van der Waals surface area contributed by atoms with Gasteiger partial charge in [-0.3, -0.25) is 0 Å². The van der Waals surface area contributed by atoms with Gasteiger partial charge in [-0.05, 0) is 40.9 Å². The summed E-state index contributed by atoms with van der Waals surface area (Å²) in [7, 11) is 4.24. The Hall–Kier alpha value is -0.0800. The number of nitrogens with zero attached hydrogens (tertiary/aromatic N) is 1. The van der Waals surface area contributed by atoms with E-state index in [1.807, 2.05) is 0 Å². The molecule has 0 fully saturated rings. The SMILES string of the molecule is CCCNCC(C)(C)N(C)C. The smallest absolute Gasteiger partial charge is 0.0271 e. The van der Waals surface area contributed by atoms with E-state index in [-0.39, 0.29) is 5.54 Å². The highest BCUT2D eigenvalue weighted by molar-refractivity contribution is 4.79. The van der Waals surface area contributed by atoms with Crippen LogP contribution in [0.15, 0.2) is 0 Å². The summed E-state index contributed by atoms with van der Waals surface area (Å²) >= 11 is 0. The van der Waals surface area contributed by atoms with Gasteiger partial charge in [0.15, 0.2) is 0 Å². The highest BCUT2D eigenvalue weighted by atomic mass is 15.2. The van der Waals surface area contributed by atoms with Gasteiger partial charge in [0.25, 0.3) is 0 Å². The van der Waals surface area contributed by atoms with Gasteiger partial charge < -0.3 is 10.2 Å². The van der Waals surface area contributed by atoms with Crippen molar-refractivity contribution in [2.75, 3.05) is 27.2 Å². The normalized spacial score (nSPS) is 12.5. The maximum Gasteiger partial charge on any atom is 0.0271 e. The molecule has 2 nitrogen and oxygen atoms in total. The molecule has 0 atom stereocenters. The number of likely N-dealkylation sites (N-methyl/N-ethyl adjacent to an activating group) is 1. The fourth-order valence-corrected chi connectivity index (χ4v) is 0.729. The van der Waals surface area contributed by atoms with Crippen molar-refractivity contribution in [3.05, 3.63) is 0 Å². The van der Waals surface area contributed by atoms with Gasteiger partial charge in [-0.25, -0.2) is 0 Å². The van der Waals surface area contributed by atoms with E-state index in [1.165, 1.54) is 6.42 Å². The Morgan fingerprint density at radius 2 is 1.82 bits per heavy atom. The van der Waals surface area contributed by atoms with Crippen molar-refractivity contribution in [2.45, 2.75) is 32.7 Å². The molecule has 0 aliphatic carbocycles. The van der Waals surface area contributed by atoms with Gasteiger partial charge >= 0.3 is 0 Å². The van der Waals surface area contributed by atoms with Crippen molar-refractivity contribution in [3.63, 3.8) is 0 Å². The first kappa shape index (κ1) is 10.9. The summed E-state index contributed by atoms with van der Waals surface area (Å²) in [6, 6.07) is 0. The van der Waals surface area contributed by atoms with Gasteiger partial charge in [-0.2, -0.15) is 0 Å². The predicted molar refractivity (Wildman–Crippen MR) is 50.9 cm³/mol. The molecule has 1 N–H and O–H groups in total. The first-order chi connectivity index (χ1) is 5.00. The minimum atomic E-state index is 0.273. The van der Waals surface area contributed by atoms with Crippen LogP contribution in [-0.4, -0.2) is 37.6 Å². The molecule has 0 rings (SSSR count). The molecule has 0 aliphatic rings. The Labute approximate surface area is 71.0 Å². The molecule has 0 heterocycles. The summed E-state index contributed by atoms with van der Waals surface area (Å²) < 4.78 is 0. The molecule has 2 heteroatoms. The average molecular weight is 158 g/mol. The van der Waals surface area contributed by atoms with Crippen LogP contribution in [0, 0.1) is 0 Å². The van der Waals surface area contributed by atoms with Crippen molar-refractivity contribution in [2.24, 2.45) is 0 Å². The maximum atomic E-state index is 3.42. The monoisotopic (exact) mass is 158 g/mol. The van der Waals surface area contributed by atoms with Crippen LogP contribution < -0.4 is 5.32 Å². The first-order valence-corrected chi connectivity index (χ1v) is 4.39. The van der Waals surface area contributed by atoms with Crippen LogP contribution in [0.4, 0.5) is 0 Å². The van der Waals surface area contributed by atoms with Gasteiger partial charge in [0.1, 0.15) is 0 Å². The lowest BCUT2D eigenvalue weighted by molar-refractivity contribution is 0.190. The summed E-state index contributed by atoms with van der Waals surface area (Å²) in [5.74, 6) is 0. The zero-order valence-corrected chi connectivity index (χ0v) is 8.57. The van der Waals surface area contributed by atoms with Crippen LogP contribution in [0.3, 0.4) is 0 Å². The highest BCUT2D eigenvalue weighted by Gasteiger charge is 2.18. The zero-order chi connectivity index (χ0) is 8.91. The van der Waals surface area contributed by atoms with E-state index in [0.717, 1.165) is 13.1 Å². The summed E-state index contributed by atoms with van der Waals surface area (Å²) in [6.07, 6.45) is 1.21. The minimum absolute atomic E-state index is 0.273. The minimum Gasteiger partial charge on any atom is -0.315 e.